The molecule has 3 heterocycles. The molecule has 4 atom stereocenters. The number of hydrogen-bond acceptors (Lipinski definition) is 6. The zero-order valence-corrected chi connectivity index (χ0v) is 20.6. The zero-order valence-electron chi connectivity index (χ0n) is 19.9. The summed E-state index contributed by atoms with van der Waals surface area (Å²) < 4.78 is 0. The number of imide groups is 1. The van der Waals surface area contributed by atoms with Crippen molar-refractivity contribution in [3.8, 4) is 11.5 Å². The number of rotatable bonds is 3. The fraction of sp³-hybridized carbons (Fsp3) is 0.444. The van der Waals surface area contributed by atoms with Gasteiger partial charge in [-0.1, -0.05) is 43.0 Å². The van der Waals surface area contributed by atoms with Gasteiger partial charge in [-0.2, -0.15) is 0 Å². The van der Waals surface area contributed by atoms with Crippen LogP contribution in [0, 0.1) is 18.8 Å². The Kier molecular flexibility index (Phi) is 5.32. The second kappa shape index (κ2) is 8.21. The van der Waals surface area contributed by atoms with E-state index in [0.717, 1.165) is 37.7 Å². The summed E-state index contributed by atoms with van der Waals surface area (Å²) in [6.07, 6.45) is 4.87. The smallest absolute Gasteiger partial charge is 0.250 e. The number of phenolic OH excluding ortho intramolecular Hbond substituents is 2. The lowest BCUT2D eigenvalue weighted by Crippen LogP contribution is -2.54. The van der Waals surface area contributed by atoms with E-state index in [1.54, 1.807) is 12.1 Å². The van der Waals surface area contributed by atoms with Gasteiger partial charge in [-0.05, 0) is 55.5 Å². The minimum atomic E-state index is -1.42. The number of phenols is 2. The summed E-state index contributed by atoms with van der Waals surface area (Å²) in [6.45, 7) is 1.88. The highest BCUT2D eigenvalue weighted by molar-refractivity contribution is 6.35. The van der Waals surface area contributed by atoms with Crippen LogP contribution in [-0.2, 0) is 26.3 Å². The van der Waals surface area contributed by atoms with Crippen LogP contribution in [0.2, 0.25) is 5.02 Å². The van der Waals surface area contributed by atoms with Crippen LogP contribution in [0.25, 0.3) is 0 Å². The summed E-state index contributed by atoms with van der Waals surface area (Å²) in [5.74, 6) is -3.08. The number of halogens is 1. The second-order valence-corrected chi connectivity index (χ2v) is 11.0. The standard InChI is InChI=1S/C27H28ClN3O5/c1-13-9-16-23(17(28)10-13)29-26(36)27(16)22-21(18(30-27)11-14-7-8-19(32)20(33)12-14)24(34)31(25(22)35)15-5-3-2-4-6-15/h7-10,12,15,18,21-22,30,32-33H,2-6,11H2,1H3,(H,29,36)/t18-,21-,22+,27+/m1/s1. The van der Waals surface area contributed by atoms with E-state index < -0.39 is 23.4 Å². The van der Waals surface area contributed by atoms with Gasteiger partial charge >= 0.3 is 0 Å². The number of nitrogens with one attached hydrogen (secondary N) is 2. The number of likely N-dealkylation sites (tertiary alicyclic amines) is 1. The van der Waals surface area contributed by atoms with Crippen LogP contribution < -0.4 is 10.6 Å². The predicted octanol–water partition coefficient (Wildman–Crippen LogP) is 3.36. The number of carbonyl (C=O) groups excluding carboxylic acids is 3. The molecule has 3 amide bonds. The Morgan fingerprint density at radius 3 is 2.50 bits per heavy atom. The van der Waals surface area contributed by atoms with Crippen LogP contribution in [0.1, 0.15) is 48.8 Å². The lowest BCUT2D eigenvalue weighted by molar-refractivity contribution is -0.146. The molecule has 2 saturated heterocycles. The molecule has 6 rings (SSSR count). The topological polar surface area (TPSA) is 119 Å². The highest BCUT2D eigenvalue weighted by atomic mass is 35.5. The van der Waals surface area contributed by atoms with Crippen LogP contribution in [0.15, 0.2) is 30.3 Å². The summed E-state index contributed by atoms with van der Waals surface area (Å²) in [6, 6.07) is 7.44. The Morgan fingerprint density at radius 2 is 1.78 bits per heavy atom. The predicted molar refractivity (Wildman–Crippen MR) is 133 cm³/mol. The lowest BCUT2D eigenvalue weighted by Gasteiger charge is -2.34. The second-order valence-electron chi connectivity index (χ2n) is 10.6. The summed E-state index contributed by atoms with van der Waals surface area (Å²) in [7, 11) is 0. The van der Waals surface area contributed by atoms with Crippen LogP contribution in [-0.4, -0.2) is 44.9 Å². The van der Waals surface area contributed by atoms with Crippen LogP contribution >= 0.6 is 11.6 Å². The number of anilines is 1. The Labute approximate surface area is 213 Å². The number of hydrogen-bond donors (Lipinski definition) is 4. The van der Waals surface area contributed by atoms with E-state index in [0.29, 0.717) is 21.8 Å². The van der Waals surface area contributed by atoms with Crippen LogP contribution in [0.3, 0.4) is 0 Å². The lowest BCUT2D eigenvalue weighted by atomic mass is 9.76. The molecule has 1 aliphatic carbocycles. The quantitative estimate of drug-likeness (QED) is 0.372. The molecule has 8 nitrogen and oxygen atoms in total. The molecule has 4 N–H and O–H groups in total. The normalized spacial score (nSPS) is 29.7. The first-order chi connectivity index (χ1) is 17.2. The number of aromatic hydroxyl groups is 2. The number of aryl methyl sites for hydroxylation is 1. The molecule has 36 heavy (non-hydrogen) atoms. The highest BCUT2D eigenvalue weighted by Crippen LogP contribution is 2.55. The van der Waals surface area contributed by atoms with E-state index in [1.807, 2.05) is 13.0 Å². The molecule has 0 aromatic heterocycles. The van der Waals surface area contributed by atoms with Crippen LogP contribution in [0.5, 0.6) is 11.5 Å². The Hall–Kier alpha value is -3.10. The van der Waals surface area contributed by atoms with Gasteiger partial charge in [0.1, 0.15) is 5.54 Å². The molecule has 188 valence electrons. The maximum atomic E-state index is 14.1. The van der Waals surface area contributed by atoms with E-state index in [1.165, 1.54) is 17.0 Å². The fourth-order valence-corrected chi connectivity index (χ4v) is 7.16. The molecule has 9 heteroatoms. The van der Waals surface area contributed by atoms with Gasteiger partial charge in [0.15, 0.2) is 11.5 Å². The van der Waals surface area contributed by atoms with Crippen molar-refractivity contribution < 1.29 is 24.6 Å². The van der Waals surface area contributed by atoms with Crippen molar-refractivity contribution in [2.75, 3.05) is 5.32 Å². The van der Waals surface area contributed by atoms with Gasteiger partial charge in [0.25, 0.3) is 0 Å². The summed E-state index contributed by atoms with van der Waals surface area (Å²) in [5.41, 5.74) is 1.17. The van der Waals surface area contributed by atoms with Crippen molar-refractivity contribution in [2.24, 2.45) is 11.8 Å². The number of amides is 3. The number of carbonyl (C=O) groups is 3. The van der Waals surface area contributed by atoms with Crippen molar-refractivity contribution >= 4 is 35.0 Å². The first kappa shape index (κ1) is 23.3. The molecular formula is C27H28ClN3O5. The molecule has 3 fully saturated rings. The first-order valence-electron chi connectivity index (χ1n) is 12.5. The highest BCUT2D eigenvalue weighted by Gasteiger charge is 2.71. The molecule has 0 unspecified atom stereocenters. The van der Waals surface area contributed by atoms with Gasteiger partial charge in [-0.3, -0.25) is 24.6 Å². The maximum Gasteiger partial charge on any atom is 0.250 e. The van der Waals surface area contributed by atoms with Crippen LogP contribution in [0.4, 0.5) is 5.69 Å². The van der Waals surface area contributed by atoms with E-state index >= 15 is 0 Å². The average Bonchev–Trinajstić information content (AvgIpc) is 3.42. The monoisotopic (exact) mass is 509 g/mol. The third-order valence-corrected chi connectivity index (χ3v) is 8.69. The molecule has 0 bridgehead atoms. The Morgan fingerprint density at radius 1 is 1.03 bits per heavy atom. The van der Waals surface area contributed by atoms with Crippen molar-refractivity contribution in [3.63, 3.8) is 0 Å². The summed E-state index contributed by atoms with van der Waals surface area (Å²) >= 11 is 6.50. The molecule has 4 aliphatic rings. The van der Waals surface area contributed by atoms with Crippen molar-refractivity contribution in [2.45, 2.75) is 63.1 Å². The number of fused-ring (bicyclic) bond motifs is 4. The van der Waals surface area contributed by atoms with E-state index in [4.69, 9.17) is 11.6 Å². The van der Waals surface area contributed by atoms with Crippen molar-refractivity contribution in [3.05, 3.63) is 52.0 Å². The maximum absolute atomic E-state index is 14.1. The molecule has 1 spiro atoms. The van der Waals surface area contributed by atoms with Gasteiger partial charge in [0.2, 0.25) is 17.7 Å². The molecule has 2 aromatic rings. The third kappa shape index (κ3) is 3.20. The van der Waals surface area contributed by atoms with Crippen molar-refractivity contribution in [1.29, 1.82) is 0 Å². The number of nitrogens with zero attached hydrogens (tertiary/aromatic N) is 1. The molecule has 2 aromatic carbocycles. The minimum absolute atomic E-state index is 0.148. The first-order valence-corrected chi connectivity index (χ1v) is 12.9. The fourth-order valence-electron chi connectivity index (χ4n) is 6.84. The van der Waals surface area contributed by atoms with Gasteiger partial charge in [0.05, 0.1) is 22.5 Å². The van der Waals surface area contributed by atoms with Gasteiger partial charge in [-0.15, -0.1) is 0 Å². The third-order valence-electron chi connectivity index (χ3n) is 8.39. The largest absolute Gasteiger partial charge is 0.504 e. The summed E-state index contributed by atoms with van der Waals surface area (Å²) in [4.78, 5) is 43.1. The van der Waals surface area contributed by atoms with E-state index in [-0.39, 0.29) is 41.7 Å². The van der Waals surface area contributed by atoms with E-state index in [2.05, 4.69) is 10.6 Å². The molecular weight excluding hydrogens is 482 g/mol. The Bertz CT molecular complexity index is 1310. The summed E-state index contributed by atoms with van der Waals surface area (Å²) in [5, 5.41) is 26.4. The molecule has 1 saturated carbocycles. The minimum Gasteiger partial charge on any atom is -0.504 e. The van der Waals surface area contributed by atoms with E-state index in [9.17, 15) is 24.6 Å². The van der Waals surface area contributed by atoms with Gasteiger partial charge in [-0.25, -0.2) is 0 Å². The number of benzene rings is 2. The molecule has 0 radical (unpaired) electrons. The zero-order chi connectivity index (χ0) is 25.4. The van der Waals surface area contributed by atoms with Gasteiger partial charge in [0, 0.05) is 17.6 Å². The average molecular weight is 510 g/mol. The SMILES string of the molecule is Cc1cc(Cl)c2c(c1)[C@@]1(N[C@H](Cc3ccc(O)c(O)c3)[C@H]3C(=O)N(C4CCCCC4)C(=O)[C@H]31)C(=O)N2. The Balaban J connectivity index is 1.48. The van der Waals surface area contributed by atoms with Crippen molar-refractivity contribution in [1.82, 2.24) is 10.2 Å². The molecule has 3 aliphatic heterocycles. The van der Waals surface area contributed by atoms with Gasteiger partial charge < -0.3 is 15.5 Å².